The lowest BCUT2D eigenvalue weighted by atomic mass is 10.2. The molecular formula is C17H17ClF6N4. The van der Waals surface area contributed by atoms with Crippen LogP contribution in [0.3, 0.4) is 0 Å². The average molecular weight is 427 g/mol. The van der Waals surface area contributed by atoms with Crippen LogP contribution in [-0.4, -0.2) is 35.6 Å². The first-order valence-corrected chi connectivity index (χ1v) is 8.55. The Balaban J connectivity index is 0.000000221. The second kappa shape index (κ2) is 8.95. The molecule has 3 heterocycles. The third-order valence-corrected chi connectivity index (χ3v) is 4.05. The van der Waals surface area contributed by atoms with Crippen LogP contribution in [0, 0.1) is 0 Å². The maximum atomic E-state index is 12.4. The Labute approximate surface area is 162 Å². The number of halogens is 7. The predicted molar refractivity (Wildman–Crippen MR) is 93.2 cm³/mol. The van der Waals surface area contributed by atoms with E-state index in [4.69, 9.17) is 11.6 Å². The molecule has 11 heteroatoms. The van der Waals surface area contributed by atoms with Gasteiger partial charge in [0.25, 0.3) is 0 Å². The molecule has 154 valence electrons. The summed E-state index contributed by atoms with van der Waals surface area (Å²) in [5.74, 6) is 0.603. The Morgan fingerprint density at radius 2 is 1.54 bits per heavy atom. The molecule has 0 aliphatic carbocycles. The lowest BCUT2D eigenvalue weighted by molar-refractivity contribution is -0.138. The van der Waals surface area contributed by atoms with Gasteiger partial charge in [0.2, 0.25) is 0 Å². The summed E-state index contributed by atoms with van der Waals surface area (Å²) in [6.45, 7) is 4.39. The number of alkyl halides is 6. The normalized spacial score (nSPS) is 17.7. The summed E-state index contributed by atoms with van der Waals surface area (Å²) < 4.78 is 72.6. The standard InChI is InChI=1S/C11H14F3N3.C6H3ClF3N/c1-8-7-17(5-4-15-8)10-3-2-9(6-16-10)11(12,13)14;7-5-2-1-4(3-11-5)6(8,9)10/h2-3,6,8,15H,4-5,7H2,1H3;1-3H. The topological polar surface area (TPSA) is 41.1 Å². The Morgan fingerprint density at radius 3 is 1.96 bits per heavy atom. The Kier molecular flexibility index (Phi) is 7.11. The lowest BCUT2D eigenvalue weighted by Crippen LogP contribution is -2.49. The van der Waals surface area contributed by atoms with Crippen LogP contribution in [0.1, 0.15) is 18.1 Å². The van der Waals surface area contributed by atoms with E-state index in [1.54, 1.807) is 0 Å². The van der Waals surface area contributed by atoms with Gasteiger partial charge in [-0.2, -0.15) is 26.3 Å². The molecule has 0 saturated carbocycles. The van der Waals surface area contributed by atoms with Gasteiger partial charge >= 0.3 is 12.4 Å². The summed E-state index contributed by atoms with van der Waals surface area (Å²) in [6.07, 6.45) is -7.07. The zero-order valence-corrected chi connectivity index (χ0v) is 15.4. The minimum atomic E-state index is -4.34. The Morgan fingerprint density at radius 1 is 0.964 bits per heavy atom. The molecule has 0 radical (unpaired) electrons. The molecule has 1 aliphatic rings. The summed E-state index contributed by atoms with van der Waals surface area (Å²) in [6, 6.07) is 4.82. The molecule has 0 amide bonds. The van der Waals surface area contributed by atoms with Crippen LogP contribution in [0.2, 0.25) is 5.15 Å². The van der Waals surface area contributed by atoms with Crippen LogP contribution >= 0.6 is 11.6 Å². The van der Waals surface area contributed by atoms with Gasteiger partial charge in [-0.1, -0.05) is 11.6 Å². The van der Waals surface area contributed by atoms with Crippen LogP contribution in [0.15, 0.2) is 36.7 Å². The first kappa shape index (κ1) is 22.2. The fourth-order valence-corrected chi connectivity index (χ4v) is 2.54. The van der Waals surface area contributed by atoms with Crippen molar-refractivity contribution < 1.29 is 26.3 Å². The largest absolute Gasteiger partial charge is 0.417 e. The molecule has 1 unspecified atom stereocenters. The molecule has 1 atom stereocenters. The molecule has 28 heavy (non-hydrogen) atoms. The molecule has 1 saturated heterocycles. The Hall–Kier alpha value is -2.07. The monoisotopic (exact) mass is 426 g/mol. The number of hydrogen-bond donors (Lipinski definition) is 1. The van der Waals surface area contributed by atoms with E-state index >= 15 is 0 Å². The smallest absolute Gasteiger partial charge is 0.354 e. The number of piperazine rings is 1. The van der Waals surface area contributed by atoms with Crippen LogP contribution in [-0.2, 0) is 12.4 Å². The fourth-order valence-electron chi connectivity index (χ4n) is 2.42. The van der Waals surface area contributed by atoms with Crippen molar-refractivity contribution in [3.8, 4) is 0 Å². The van der Waals surface area contributed by atoms with E-state index in [1.807, 2.05) is 11.8 Å². The van der Waals surface area contributed by atoms with Gasteiger partial charge in [0.1, 0.15) is 11.0 Å². The number of rotatable bonds is 1. The molecule has 4 nitrogen and oxygen atoms in total. The maximum Gasteiger partial charge on any atom is 0.417 e. The lowest BCUT2D eigenvalue weighted by Gasteiger charge is -2.32. The number of pyridine rings is 2. The van der Waals surface area contributed by atoms with Crippen LogP contribution in [0.5, 0.6) is 0 Å². The summed E-state index contributed by atoms with van der Waals surface area (Å²) in [5, 5.41) is 3.32. The van der Waals surface area contributed by atoms with Gasteiger partial charge in [-0.25, -0.2) is 9.97 Å². The van der Waals surface area contributed by atoms with Crippen LogP contribution in [0.25, 0.3) is 0 Å². The SMILES string of the molecule is CC1CN(c2ccc(C(F)(F)F)cn2)CCN1.FC(F)(F)c1ccc(Cl)nc1. The van der Waals surface area contributed by atoms with Crippen molar-refractivity contribution in [1.29, 1.82) is 0 Å². The van der Waals surface area contributed by atoms with Crippen LogP contribution < -0.4 is 10.2 Å². The highest BCUT2D eigenvalue weighted by Gasteiger charge is 2.31. The summed E-state index contributed by atoms with van der Waals surface area (Å²) in [7, 11) is 0. The van der Waals surface area contributed by atoms with Gasteiger partial charge in [0.15, 0.2) is 0 Å². The third kappa shape index (κ3) is 6.52. The molecular weight excluding hydrogens is 410 g/mol. The zero-order valence-electron chi connectivity index (χ0n) is 14.7. The van der Waals surface area contributed by atoms with Crippen LogP contribution in [0.4, 0.5) is 32.2 Å². The predicted octanol–water partition coefficient (Wildman–Crippen LogP) is 4.65. The highest BCUT2D eigenvalue weighted by molar-refractivity contribution is 6.29. The van der Waals surface area contributed by atoms with Gasteiger partial charge < -0.3 is 10.2 Å². The van der Waals surface area contributed by atoms with Gasteiger partial charge in [-0.05, 0) is 31.2 Å². The van der Waals surface area contributed by atoms with E-state index in [1.165, 1.54) is 6.07 Å². The van der Waals surface area contributed by atoms with E-state index in [-0.39, 0.29) is 5.15 Å². The van der Waals surface area contributed by atoms with Gasteiger partial charge in [-0.3, -0.25) is 0 Å². The van der Waals surface area contributed by atoms with Gasteiger partial charge in [0.05, 0.1) is 11.1 Å². The molecule has 0 bridgehead atoms. The zero-order chi connectivity index (χ0) is 20.9. The number of nitrogens with one attached hydrogen (secondary N) is 1. The van der Waals surface area contributed by atoms with E-state index in [2.05, 4.69) is 15.3 Å². The molecule has 0 spiro atoms. The molecule has 1 N–H and O–H groups in total. The van der Waals surface area contributed by atoms with E-state index < -0.39 is 23.5 Å². The molecule has 1 fully saturated rings. The quantitative estimate of drug-likeness (QED) is 0.532. The van der Waals surface area contributed by atoms with Gasteiger partial charge in [-0.15, -0.1) is 0 Å². The minimum absolute atomic E-state index is 0.0537. The Bertz CT molecular complexity index is 746. The number of nitrogens with zero attached hydrogens (tertiary/aromatic N) is 3. The van der Waals surface area contributed by atoms with E-state index in [0.717, 1.165) is 44.0 Å². The van der Waals surface area contributed by atoms with E-state index in [9.17, 15) is 26.3 Å². The molecule has 0 aromatic carbocycles. The van der Waals surface area contributed by atoms with Crippen molar-refractivity contribution in [2.24, 2.45) is 0 Å². The number of hydrogen-bond acceptors (Lipinski definition) is 4. The van der Waals surface area contributed by atoms with Crippen molar-refractivity contribution in [3.05, 3.63) is 52.9 Å². The van der Waals surface area contributed by atoms with Gasteiger partial charge in [0, 0.05) is 38.1 Å². The highest BCUT2D eigenvalue weighted by Crippen LogP contribution is 2.30. The number of aromatic nitrogens is 2. The first-order chi connectivity index (χ1) is 13.0. The highest BCUT2D eigenvalue weighted by atomic mass is 35.5. The second-order valence-electron chi connectivity index (χ2n) is 6.07. The average Bonchev–Trinajstić information content (AvgIpc) is 2.61. The molecule has 3 rings (SSSR count). The van der Waals surface area contributed by atoms with Crippen molar-refractivity contribution in [3.63, 3.8) is 0 Å². The third-order valence-electron chi connectivity index (χ3n) is 3.82. The van der Waals surface area contributed by atoms with Crippen molar-refractivity contribution in [2.45, 2.75) is 25.3 Å². The molecule has 2 aromatic heterocycles. The van der Waals surface area contributed by atoms with Crippen molar-refractivity contribution in [1.82, 2.24) is 15.3 Å². The maximum absolute atomic E-state index is 12.4. The van der Waals surface area contributed by atoms with Crippen molar-refractivity contribution >= 4 is 17.4 Å². The molecule has 1 aliphatic heterocycles. The fraction of sp³-hybridized carbons (Fsp3) is 0.412. The van der Waals surface area contributed by atoms with E-state index in [0.29, 0.717) is 18.1 Å². The summed E-state index contributed by atoms with van der Waals surface area (Å²) in [5.41, 5.74) is -1.49. The minimum Gasteiger partial charge on any atom is -0.354 e. The summed E-state index contributed by atoms with van der Waals surface area (Å²) >= 11 is 5.28. The van der Waals surface area contributed by atoms with Crippen molar-refractivity contribution in [2.75, 3.05) is 24.5 Å². The molecule has 2 aromatic rings. The second-order valence-corrected chi connectivity index (χ2v) is 6.46. The first-order valence-electron chi connectivity index (χ1n) is 8.17. The summed E-state index contributed by atoms with van der Waals surface area (Å²) in [4.78, 5) is 9.16. The number of anilines is 1.